The highest BCUT2D eigenvalue weighted by molar-refractivity contribution is 6.30. The predicted molar refractivity (Wildman–Crippen MR) is 101 cm³/mol. The van der Waals surface area contributed by atoms with Gasteiger partial charge in [-0.25, -0.2) is 0 Å². The van der Waals surface area contributed by atoms with Gasteiger partial charge in [0, 0.05) is 5.02 Å². The predicted octanol–water partition coefficient (Wildman–Crippen LogP) is 4.86. The molecule has 0 fully saturated rings. The molecule has 0 bridgehead atoms. The van der Waals surface area contributed by atoms with Gasteiger partial charge >= 0.3 is 0 Å². The first-order valence-corrected chi connectivity index (χ1v) is 9.29. The third kappa shape index (κ3) is 4.35. The van der Waals surface area contributed by atoms with Crippen LogP contribution in [0.1, 0.15) is 49.4 Å². The summed E-state index contributed by atoms with van der Waals surface area (Å²) >= 11 is 5.89. The molecule has 3 rings (SSSR count). The SMILES string of the molecule is CC[C@H](Oc1ccc(Cl)cc1)C(=O)N[C@H](C)c1ccc2c(c1)CCC2. The van der Waals surface area contributed by atoms with Crippen molar-refractivity contribution in [1.29, 1.82) is 0 Å². The van der Waals surface area contributed by atoms with Crippen LogP contribution in [0.2, 0.25) is 5.02 Å². The average molecular weight is 358 g/mol. The number of amides is 1. The molecule has 2 atom stereocenters. The average Bonchev–Trinajstić information content (AvgIpc) is 3.08. The quantitative estimate of drug-likeness (QED) is 0.801. The van der Waals surface area contributed by atoms with Crippen LogP contribution in [0, 0.1) is 0 Å². The maximum atomic E-state index is 12.6. The topological polar surface area (TPSA) is 38.3 Å². The lowest BCUT2D eigenvalue weighted by molar-refractivity contribution is -0.128. The van der Waals surface area contributed by atoms with Crippen LogP contribution in [0.15, 0.2) is 42.5 Å². The summed E-state index contributed by atoms with van der Waals surface area (Å²) in [5.41, 5.74) is 4.01. The van der Waals surface area contributed by atoms with E-state index in [-0.39, 0.29) is 11.9 Å². The summed E-state index contributed by atoms with van der Waals surface area (Å²) in [7, 11) is 0. The second-order valence-corrected chi connectivity index (χ2v) is 7.02. The van der Waals surface area contributed by atoms with Crippen LogP contribution in [0.4, 0.5) is 0 Å². The Morgan fingerprint density at radius 2 is 1.88 bits per heavy atom. The van der Waals surface area contributed by atoms with Crippen LogP contribution >= 0.6 is 11.6 Å². The van der Waals surface area contributed by atoms with Crippen LogP contribution in [0.5, 0.6) is 5.75 Å². The van der Waals surface area contributed by atoms with E-state index in [2.05, 4.69) is 23.5 Å². The van der Waals surface area contributed by atoms with E-state index in [9.17, 15) is 4.79 Å². The normalized spacial score (nSPS) is 15.3. The Morgan fingerprint density at radius 1 is 1.16 bits per heavy atom. The van der Waals surface area contributed by atoms with Crippen LogP contribution in [0.25, 0.3) is 0 Å². The second-order valence-electron chi connectivity index (χ2n) is 6.58. The summed E-state index contributed by atoms with van der Waals surface area (Å²) in [5.74, 6) is 0.557. The van der Waals surface area contributed by atoms with Gasteiger partial charge in [-0.05, 0) is 73.6 Å². The Labute approximate surface area is 154 Å². The van der Waals surface area contributed by atoms with E-state index >= 15 is 0 Å². The Hall–Kier alpha value is -2.00. The number of hydrogen-bond acceptors (Lipinski definition) is 2. The lowest BCUT2D eigenvalue weighted by Crippen LogP contribution is -2.39. The monoisotopic (exact) mass is 357 g/mol. The van der Waals surface area contributed by atoms with Crippen molar-refractivity contribution >= 4 is 17.5 Å². The highest BCUT2D eigenvalue weighted by Gasteiger charge is 2.21. The van der Waals surface area contributed by atoms with Gasteiger partial charge in [-0.15, -0.1) is 0 Å². The summed E-state index contributed by atoms with van der Waals surface area (Å²) < 4.78 is 5.82. The lowest BCUT2D eigenvalue weighted by atomic mass is 10.0. The number of carbonyl (C=O) groups is 1. The summed E-state index contributed by atoms with van der Waals surface area (Å²) in [6.07, 6.45) is 3.63. The Morgan fingerprint density at radius 3 is 2.60 bits per heavy atom. The molecule has 2 aromatic carbocycles. The zero-order chi connectivity index (χ0) is 17.8. The van der Waals surface area contributed by atoms with Crippen LogP contribution in [0.3, 0.4) is 0 Å². The highest BCUT2D eigenvalue weighted by atomic mass is 35.5. The van der Waals surface area contributed by atoms with Crippen molar-refractivity contribution in [2.24, 2.45) is 0 Å². The van der Waals surface area contributed by atoms with Crippen LogP contribution in [-0.2, 0) is 17.6 Å². The maximum absolute atomic E-state index is 12.6. The van der Waals surface area contributed by atoms with E-state index in [1.54, 1.807) is 24.3 Å². The van der Waals surface area contributed by atoms with Crippen molar-refractivity contribution < 1.29 is 9.53 Å². The summed E-state index contributed by atoms with van der Waals surface area (Å²) in [6, 6.07) is 13.6. The molecule has 0 heterocycles. The third-order valence-corrected chi connectivity index (χ3v) is 4.99. The number of nitrogens with one attached hydrogen (secondary N) is 1. The first-order chi connectivity index (χ1) is 12.1. The molecule has 25 heavy (non-hydrogen) atoms. The fraction of sp³-hybridized carbons (Fsp3) is 0.381. The number of ether oxygens (including phenoxy) is 1. The number of aryl methyl sites for hydroxylation is 2. The molecular weight excluding hydrogens is 334 g/mol. The minimum absolute atomic E-state index is 0.0405. The fourth-order valence-corrected chi connectivity index (χ4v) is 3.38. The Kier molecular flexibility index (Phi) is 5.64. The molecule has 0 saturated carbocycles. The first kappa shape index (κ1) is 17.8. The van der Waals surface area contributed by atoms with Gasteiger partial charge < -0.3 is 10.1 Å². The van der Waals surface area contributed by atoms with Crippen molar-refractivity contribution in [3.05, 3.63) is 64.2 Å². The molecule has 3 nitrogen and oxygen atoms in total. The molecule has 2 aromatic rings. The van der Waals surface area contributed by atoms with E-state index in [0.29, 0.717) is 17.2 Å². The van der Waals surface area contributed by atoms with E-state index in [1.807, 2.05) is 13.8 Å². The van der Waals surface area contributed by atoms with Crippen LogP contribution in [-0.4, -0.2) is 12.0 Å². The van der Waals surface area contributed by atoms with Crippen molar-refractivity contribution in [1.82, 2.24) is 5.32 Å². The Bertz CT molecular complexity index is 742. The number of carbonyl (C=O) groups excluding carboxylic acids is 1. The molecule has 1 aliphatic rings. The molecule has 0 radical (unpaired) electrons. The zero-order valence-electron chi connectivity index (χ0n) is 14.7. The van der Waals surface area contributed by atoms with Gasteiger partial charge in [-0.2, -0.15) is 0 Å². The molecule has 1 aliphatic carbocycles. The molecule has 0 spiro atoms. The number of halogens is 1. The van der Waals surface area contributed by atoms with Crippen molar-refractivity contribution in [3.63, 3.8) is 0 Å². The molecule has 1 N–H and O–H groups in total. The first-order valence-electron chi connectivity index (χ1n) is 8.91. The van der Waals surface area contributed by atoms with E-state index in [1.165, 1.54) is 24.0 Å². The molecule has 0 aliphatic heterocycles. The molecule has 0 aromatic heterocycles. The minimum atomic E-state index is -0.516. The Balaban J connectivity index is 1.63. The standard InChI is InChI=1S/C21H24ClNO2/c1-3-20(25-19-11-9-18(22)10-12-19)21(24)23-14(2)16-8-7-15-5-4-6-17(15)13-16/h7-14,20H,3-6H2,1-2H3,(H,23,24)/t14-,20+/m1/s1. The van der Waals surface area contributed by atoms with Gasteiger partial charge in [0.2, 0.25) is 0 Å². The van der Waals surface area contributed by atoms with Crippen LogP contribution < -0.4 is 10.1 Å². The third-order valence-electron chi connectivity index (χ3n) is 4.74. The zero-order valence-corrected chi connectivity index (χ0v) is 15.5. The van der Waals surface area contributed by atoms with Gasteiger partial charge in [0.1, 0.15) is 5.75 Å². The number of fused-ring (bicyclic) bond motifs is 1. The fourth-order valence-electron chi connectivity index (χ4n) is 3.25. The van der Waals surface area contributed by atoms with Crippen molar-refractivity contribution in [2.75, 3.05) is 0 Å². The molecule has 1 amide bonds. The minimum Gasteiger partial charge on any atom is -0.481 e. The second kappa shape index (κ2) is 7.92. The number of benzene rings is 2. The largest absolute Gasteiger partial charge is 0.481 e. The summed E-state index contributed by atoms with van der Waals surface area (Å²) in [6.45, 7) is 3.96. The van der Waals surface area contributed by atoms with Gasteiger partial charge in [0.05, 0.1) is 6.04 Å². The van der Waals surface area contributed by atoms with Crippen molar-refractivity contribution in [3.8, 4) is 5.75 Å². The molecule has 4 heteroatoms. The lowest BCUT2D eigenvalue weighted by Gasteiger charge is -2.21. The molecule has 0 saturated heterocycles. The smallest absolute Gasteiger partial charge is 0.261 e. The van der Waals surface area contributed by atoms with Gasteiger partial charge in [0.25, 0.3) is 5.91 Å². The number of rotatable bonds is 6. The molecular formula is C21H24ClNO2. The van der Waals surface area contributed by atoms with Gasteiger partial charge in [-0.3, -0.25) is 4.79 Å². The van der Waals surface area contributed by atoms with E-state index < -0.39 is 6.10 Å². The maximum Gasteiger partial charge on any atom is 0.261 e. The summed E-state index contributed by atoms with van der Waals surface area (Å²) in [4.78, 5) is 12.6. The van der Waals surface area contributed by atoms with E-state index in [4.69, 9.17) is 16.3 Å². The summed E-state index contributed by atoms with van der Waals surface area (Å²) in [5, 5.41) is 3.73. The van der Waals surface area contributed by atoms with E-state index in [0.717, 1.165) is 12.0 Å². The molecule has 132 valence electrons. The van der Waals surface area contributed by atoms with Crippen molar-refractivity contribution in [2.45, 2.75) is 51.7 Å². The van der Waals surface area contributed by atoms with Gasteiger partial charge in [-0.1, -0.05) is 36.7 Å². The number of hydrogen-bond donors (Lipinski definition) is 1. The van der Waals surface area contributed by atoms with Gasteiger partial charge in [0.15, 0.2) is 6.10 Å². The highest BCUT2D eigenvalue weighted by Crippen LogP contribution is 2.25. The molecule has 0 unspecified atom stereocenters.